The van der Waals surface area contributed by atoms with Gasteiger partial charge < -0.3 is 11.1 Å². The van der Waals surface area contributed by atoms with E-state index in [1.807, 2.05) is 0 Å². The van der Waals surface area contributed by atoms with E-state index in [0.29, 0.717) is 12.8 Å². The number of nitrogens with zero attached hydrogens (tertiary/aromatic N) is 1. The van der Waals surface area contributed by atoms with Gasteiger partial charge in [0.15, 0.2) is 0 Å². The van der Waals surface area contributed by atoms with Gasteiger partial charge >= 0.3 is 0 Å². The van der Waals surface area contributed by atoms with E-state index in [2.05, 4.69) is 11.4 Å². The molecule has 100 valence electrons. The van der Waals surface area contributed by atoms with Crippen molar-refractivity contribution in [2.45, 2.75) is 57.9 Å². The van der Waals surface area contributed by atoms with Crippen molar-refractivity contribution in [3.8, 4) is 6.07 Å². The summed E-state index contributed by atoms with van der Waals surface area (Å²) in [5.41, 5.74) is 4.17. The standard InChI is InChI=1S/C13H21N3O2/c1-10(8-11(15)17)16-12(18)13(9-14)6-4-2-3-5-7-13/h10H,2-8H2,1H3,(H2,15,17)(H,16,18). The number of nitrogens with two attached hydrogens (primary N) is 1. The number of rotatable bonds is 4. The van der Waals surface area contributed by atoms with Crippen LogP contribution in [0.4, 0.5) is 0 Å². The quantitative estimate of drug-likeness (QED) is 0.735. The van der Waals surface area contributed by atoms with Gasteiger partial charge in [-0.25, -0.2) is 0 Å². The van der Waals surface area contributed by atoms with E-state index >= 15 is 0 Å². The number of nitrogens with one attached hydrogen (secondary N) is 1. The molecule has 5 heteroatoms. The molecule has 0 bridgehead atoms. The average molecular weight is 251 g/mol. The minimum atomic E-state index is -0.914. The molecule has 0 aromatic heterocycles. The summed E-state index contributed by atoms with van der Waals surface area (Å²) in [5, 5.41) is 12.1. The highest BCUT2D eigenvalue weighted by atomic mass is 16.2. The van der Waals surface area contributed by atoms with E-state index in [4.69, 9.17) is 5.73 Å². The molecule has 0 aromatic rings. The number of hydrogen-bond acceptors (Lipinski definition) is 3. The number of carbonyl (C=O) groups excluding carboxylic acids is 2. The van der Waals surface area contributed by atoms with Crippen LogP contribution in [0.3, 0.4) is 0 Å². The second kappa shape index (κ2) is 6.39. The third kappa shape index (κ3) is 3.73. The molecule has 0 radical (unpaired) electrons. The lowest BCUT2D eigenvalue weighted by molar-refractivity contribution is -0.129. The van der Waals surface area contributed by atoms with Gasteiger partial charge in [-0.3, -0.25) is 9.59 Å². The maximum Gasteiger partial charge on any atom is 0.240 e. The lowest BCUT2D eigenvalue weighted by Gasteiger charge is -2.25. The van der Waals surface area contributed by atoms with Crippen LogP contribution >= 0.6 is 0 Å². The first-order valence-electron chi connectivity index (χ1n) is 6.51. The summed E-state index contributed by atoms with van der Waals surface area (Å²) in [6.45, 7) is 1.73. The summed E-state index contributed by atoms with van der Waals surface area (Å²) in [6.07, 6.45) is 5.29. The Bertz CT molecular complexity index is 352. The fourth-order valence-corrected chi connectivity index (χ4v) is 2.44. The molecule has 2 amide bonds. The molecule has 1 aliphatic carbocycles. The van der Waals surface area contributed by atoms with Crippen molar-refractivity contribution in [2.75, 3.05) is 0 Å². The maximum absolute atomic E-state index is 12.2. The summed E-state index contributed by atoms with van der Waals surface area (Å²) in [5.74, 6) is -0.699. The minimum Gasteiger partial charge on any atom is -0.370 e. The number of amides is 2. The number of primary amides is 1. The van der Waals surface area contributed by atoms with Crippen LogP contribution in [0.2, 0.25) is 0 Å². The summed E-state index contributed by atoms with van der Waals surface area (Å²) >= 11 is 0. The Labute approximate surface area is 108 Å². The third-order valence-electron chi connectivity index (χ3n) is 3.49. The Hall–Kier alpha value is -1.57. The highest BCUT2D eigenvalue weighted by Gasteiger charge is 2.39. The zero-order chi connectivity index (χ0) is 13.6. The minimum absolute atomic E-state index is 0.104. The van der Waals surface area contributed by atoms with Gasteiger partial charge in [-0.1, -0.05) is 25.7 Å². The smallest absolute Gasteiger partial charge is 0.240 e. The molecule has 1 atom stereocenters. The van der Waals surface area contributed by atoms with Crippen molar-refractivity contribution in [1.82, 2.24) is 5.32 Å². The number of hydrogen-bond donors (Lipinski definition) is 2. The topological polar surface area (TPSA) is 96.0 Å². The maximum atomic E-state index is 12.2. The van der Waals surface area contributed by atoms with Gasteiger partial charge in [-0.05, 0) is 19.8 Å². The molecule has 3 N–H and O–H groups in total. The Balaban J connectivity index is 2.66. The zero-order valence-corrected chi connectivity index (χ0v) is 10.9. The summed E-state index contributed by atoms with van der Waals surface area (Å²) in [6, 6.07) is 1.87. The number of carbonyl (C=O) groups is 2. The van der Waals surface area contributed by atoms with Gasteiger partial charge in [0.05, 0.1) is 6.07 Å². The van der Waals surface area contributed by atoms with Crippen LogP contribution in [-0.4, -0.2) is 17.9 Å². The second-order valence-corrected chi connectivity index (χ2v) is 5.15. The highest BCUT2D eigenvalue weighted by Crippen LogP contribution is 2.34. The SMILES string of the molecule is CC(CC(N)=O)NC(=O)C1(C#N)CCCCCC1. The van der Waals surface area contributed by atoms with Crippen molar-refractivity contribution in [1.29, 1.82) is 5.26 Å². The van der Waals surface area contributed by atoms with E-state index in [1.165, 1.54) is 0 Å². The van der Waals surface area contributed by atoms with Gasteiger partial charge in [0, 0.05) is 12.5 Å². The van der Waals surface area contributed by atoms with Crippen LogP contribution in [-0.2, 0) is 9.59 Å². The predicted octanol–water partition coefficient (Wildman–Crippen LogP) is 1.23. The van der Waals surface area contributed by atoms with E-state index in [1.54, 1.807) is 6.92 Å². The Morgan fingerprint density at radius 3 is 2.33 bits per heavy atom. The van der Waals surface area contributed by atoms with Crippen molar-refractivity contribution >= 4 is 11.8 Å². The third-order valence-corrected chi connectivity index (χ3v) is 3.49. The monoisotopic (exact) mass is 251 g/mol. The molecule has 1 rings (SSSR count). The van der Waals surface area contributed by atoms with Crippen LogP contribution in [0.25, 0.3) is 0 Å². The highest BCUT2D eigenvalue weighted by molar-refractivity contribution is 5.86. The molecule has 1 saturated carbocycles. The predicted molar refractivity (Wildman–Crippen MR) is 67.2 cm³/mol. The van der Waals surface area contributed by atoms with Crippen molar-refractivity contribution < 1.29 is 9.59 Å². The largest absolute Gasteiger partial charge is 0.370 e. The van der Waals surface area contributed by atoms with Gasteiger partial charge in [0.25, 0.3) is 0 Å². The van der Waals surface area contributed by atoms with E-state index in [9.17, 15) is 14.9 Å². The van der Waals surface area contributed by atoms with Crippen molar-refractivity contribution in [3.63, 3.8) is 0 Å². The first-order chi connectivity index (χ1) is 8.50. The Morgan fingerprint density at radius 1 is 1.33 bits per heavy atom. The van der Waals surface area contributed by atoms with Gasteiger partial charge in [0.2, 0.25) is 11.8 Å². The lowest BCUT2D eigenvalue weighted by Crippen LogP contribution is -2.45. The fraction of sp³-hybridized carbons (Fsp3) is 0.769. The van der Waals surface area contributed by atoms with Crippen molar-refractivity contribution in [3.05, 3.63) is 0 Å². The molecule has 1 fully saturated rings. The summed E-state index contributed by atoms with van der Waals surface area (Å²) < 4.78 is 0. The van der Waals surface area contributed by atoms with E-state index in [-0.39, 0.29) is 18.4 Å². The fourth-order valence-electron chi connectivity index (χ4n) is 2.44. The zero-order valence-electron chi connectivity index (χ0n) is 10.9. The van der Waals surface area contributed by atoms with Crippen molar-refractivity contribution in [2.24, 2.45) is 11.1 Å². The molecule has 1 aliphatic rings. The molecular weight excluding hydrogens is 230 g/mol. The summed E-state index contributed by atoms with van der Waals surface area (Å²) in [7, 11) is 0. The van der Waals surface area contributed by atoms with Gasteiger partial charge in [0.1, 0.15) is 5.41 Å². The summed E-state index contributed by atoms with van der Waals surface area (Å²) in [4.78, 5) is 23.0. The van der Waals surface area contributed by atoms with Crippen LogP contribution in [0.5, 0.6) is 0 Å². The van der Waals surface area contributed by atoms with Gasteiger partial charge in [-0.15, -0.1) is 0 Å². The van der Waals surface area contributed by atoms with Crippen LogP contribution in [0.1, 0.15) is 51.9 Å². The normalized spacial score (nSPS) is 20.2. The Kier molecular flexibility index (Phi) is 5.14. The number of nitriles is 1. The molecular formula is C13H21N3O2. The Morgan fingerprint density at radius 2 is 1.89 bits per heavy atom. The second-order valence-electron chi connectivity index (χ2n) is 5.15. The molecule has 0 aliphatic heterocycles. The van der Waals surface area contributed by atoms with Gasteiger partial charge in [-0.2, -0.15) is 5.26 Å². The molecule has 0 saturated heterocycles. The van der Waals surface area contributed by atoms with E-state index < -0.39 is 11.3 Å². The first kappa shape index (κ1) is 14.5. The van der Waals surface area contributed by atoms with Crippen LogP contribution in [0, 0.1) is 16.7 Å². The van der Waals surface area contributed by atoms with Crippen LogP contribution in [0.15, 0.2) is 0 Å². The molecule has 0 heterocycles. The lowest BCUT2D eigenvalue weighted by atomic mass is 9.80. The van der Waals surface area contributed by atoms with Crippen LogP contribution < -0.4 is 11.1 Å². The molecule has 0 aromatic carbocycles. The van der Waals surface area contributed by atoms with E-state index in [0.717, 1.165) is 25.7 Å². The molecule has 1 unspecified atom stereocenters. The molecule has 0 spiro atoms. The molecule has 18 heavy (non-hydrogen) atoms. The first-order valence-corrected chi connectivity index (χ1v) is 6.51. The average Bonchev–Trinajstić information content (AvgIpc) is 2.53. The molecule has 5 nitrogen and oxygen atoms in total.